The van der Waals surface area contributed by atoms with Gasteiger partial charge in [0.15, 0.2) is 5.76 Å². The number of halogens is 1. The Kier molecular flexibility index (Phi) is 6.31. The van der Waals surface area contributed by atoms with Gasteiger partial charge in [-0.1, -0.05) is 12.1 Å². The highest BCUT2D eigenvalue weighted by Crippen LogP contribution is 2.26. The maximum Gasteiger partial charge on any atom is 0.287 e. The molecule has 0 spiro atoms. The Bertz CT molecular complexity index is 931. The van der Waals surface area contributed by atoms with Gasteiger partial charge in [0, 0.05) is 38.1 Å². The normalized spacial score (nSPS) is 23.1. The van der Waals surface area contributed by atoms with Gasteiger partial charge in [-0.3, -0.25) is 19.3 Å². The molecule has 8 nitrogen and oxygen atoms in total. The summed E-state index contributed by atoms with van der Waals surface area (Å²) in [6.07, 6.45) is 2.86. The number of amides is 3. The molecule has 3 heterocycles. The van der Waals surface area contributed by atoms with E-state index in [1.165, 1.54) is 18.4 Å². The fourth-order valence-electron chi connectivity index (χ4n) is 4.20. The Morgan fingerprint density at radius 3 is 2.77 bits per heavy atom. The zero-order chi connectivity index (χ0) is 21.8. The lowest BCUT2D eigenvalue weighted by Crippen LogP contribution is -2.58. The molecule has 31 heavy (non-hydrogen) atoms. The monoisotopic (exact) mass is 428 g/mol. The van der Waals surface area contributed by atoms with E-state index in [1.54, 1.807) is 24.3 Å². The van der Waals surface area contributed by atoms with Crippen LogP contribution in [0, 0.1) is 5.82 Å². The molecule has 0 saturated carbocycles. The summed E-state index contributed by atoms with van der Waals surface area (Å²) in [6, 6.07) is 8.78. The number of piperazine rings is 1. The topological polar surface area (TPSA) is 104 Å². The van der Waals surface area contributed by atoms with Gasteiger partial charge < -0.3 is 20.4 Å². The van der Waals surface area contributed by atoms with Crippen molar-refractivity contribution in [2.45, 2.75) is 43.9 Å². The van der Waals surface area contributed by atoms with Crippen molar-refractivity contribution in [2.75, 3.05) is 13.1 Å². The smallest absolute Gasteiger partial charge is 0.287 e. The minimum Gasteiger partial charge on any atom is -0.459 e. The van der Waals surface area contributed by atoms with E-state index in [-0.39, 0.29) is 47.4 Å². The molecule has 0 unspecified atom stereocenters. The number of rotatable bonds is 7. The maximum atomic E-state index is 13.0. The molecule has 4 rings (SSSR count). The van der Waals surface area contributed by atoms with Crippen LogP contribution in [-0.2, 0) is 16.1 Å². The summed E-state index contributed by atoms with van der Waals surface area (Å²) in [5.74, 6) is -0.518. The lowest BCUT2D eigenvalue weighted by Gasteiger charge is -2.37. The number of hydrogen-bond acceptors (Lipinski definition) is 5. The van der Waals surface area contributed by atoms with Crippen LogP contribution in [-0.4, -0.2) is 53.8 Å². The van der Waals surface area contributed by atoms with E-state index in [0.717, 1.165) is 5.56 Å². The zero-order valence-electron chi connectivity index (χ0n) is 17.0. The maximum absolute atomic E-state index is 13.0. The zero-order valence-corrected chi connectivity index (χ0v) is 17.0. The molecule has 0 radical (unpaired) electrons. The first-order valence-electron chi connectivity index (χ1n) is 10.4. The van der Waals surface area contributed by atoms with Crippen molar-refractivity contribution in [1.29, 1.82) is 0 Å². The predicted molar refractivity (Wildman–Crippen MR) is 109 cm³/mol. The number of benzene rings is 1. The molecule has 2 aliphatic heterocycles. The van der Waals surface area contributed by atoms with Crippen molar-refractivity contribution in [3.05, 3.63) is 59.8 Å². The predicted octanol–water partition coefficient (Wildman–Crippen LogP) is 1.19. The highest BCUT2D eigenvalue weighted by molar-refractivity contribution is 5.91. The molecular formula is C22H25FN4O4. The van der Waals surface area contributed by atoms with Crippen LogP contribution in [0.25, 0.3) is 0 Å². The van der Waals surface area contributed by atoms with Crippen molar-refractivity contribution in [3.63, 3.8) is 0 Å². The number of carbonyl (C=O) groups excluding carboxylic acids is 3. The first-order valence-corrected chi connectivity index (χ1v) is 10.4. The molecule has 3 atom stereocenters. The van der Waals surface area contributed by atoms with Crippen molar-refractivity contribution < 1.29 is 23.2 Å². The summed E-state index contributed by atoms with van der Waals surface area (Å²) >= 11 is 0. The van der Waals surface area contributed by atoms with Gasteiger partial charge in [-0.25, -0.2) is 4.39 Å². The second-order valence-corrected chi connectivity index (χ2v) is 7.94. The molecule has 1 aromatic heterocycles. The summed E-state index contributed by atoms with van der Waals surface area (Å²) in [4.78, 5) is 38.9. The molecule has 2 fully saturated rings. The molecule has 2 saturated heterocycles. The van der Waals surface area contributed by atoms with Crippen LogP contribution in [0.5, 0.6) is 0 Å². The largest absolute Gasteiger partial charge is 0.459 e. The number of furan rings is 1. The fourth-order valence-corrected chi connectivity index (χ4v) is 4.20. The van der Waals surface area contributed by atoms with Gasteiger partial charge in [0.25, 0.3) is 5.91 Å². The van der Waals surface area contributed by atoms with Gasteiger partial charge in [-0.15, -0.1) is 0 Å². The molecule has 0 aliphatic carbocycles. The minimum atomic E-state index is -0.317. The molecule has 164 valence electrons. The molecule has 1 aromatic carbocycles. The van der Waals surface area contributed by atoms with Gasteiger partial charge >= 0.3 is 0 Å². The van der Waals surface area contributed by atoms with E-state index in [2.05, 4.69) is 20.9 Å². The van der Waals surface area contributed by atoms with Gasteiger partial charge in [-0.2, -0.15) is 0 Å². The molecule has 3 N–H and O–H groups in total. The average Bonchev–Trinajstić information content (AvgIpc) is 3.43. The third-order valence-corrected chi connectivity index (χ3v) is 5.81. The molecule has 3 amide bonds. The molecular weight excluding hydrogens is 403 g/mol. The Morgan fingerprint density at radius 2 is 2.03 bits per heavy atom. The minimum absolute atomic E-state index is 0.0183. The van der Waals surface area contributed by atoms with Crippen LogP contribution >= 0.6 is 0 Å². The summed E-state index contributed by atoms with van der Waals surface area (Å²) < 4.78 is 18.1. The molecule has 2 aliphatic rings. The SMILES string of the molecule is O=C(CC[C@@H]1CNC(=O)[C@@H]2C[C@H](NC(=O)c3ccco3)CN12)NCc1ccc(F)cc1. The van der Waals surface area contributed by atoms with E-state index in [4.69, 9.17) is 4.42 Å². The Labute approximate surface area is 179 Å². The van der Waals surface area contributed by atoms with Crippen molar-refractivity contribution in [3.8, 4) is 0 Å². The van der Waals surface area contributed by atoms with Gasteiger partial charge in [0.05, 0.1) is 12.3 Å². The number of hydrogen-bond donors (Lipinski definition) is 3. The summed E-state index contributed by atoms with van der Waals surface area (Å²) in [5.41, 5.74) is 0.828. The van der Waals surface area contributed by atoms with E-state index in [9.17, 15) is 18.8 Å². The van der Waals surface area contributed by atoms with E-state index >= 15 is 0 Å². The number of fused-ring (bicyclic) bond motifs is 1. The van der Waals surface area contributed by atoms with E-state index in [1.807, 2.05) is 0 Å². The Hall–Kier alpha value is -3.20. The first-order chi connectivity index (χ1) is 15.0. The van der Waals surface area contributed by atoms with Crippen LogP contribution in [0.3, 0.4) is 0 Å². The highest BCUT2D eigenvalue weighted by Gasteiger charge is 2.43. The van der Waals surface area contributed by atoms with Gasteiger partial charge in [0.1, 0.15) is 5.82 Å². The first kappa shape index (κ1) is 21.0. The highest BCUT2D eigenvalue weighted by atomic mass is 19.1. The number of carbonyl (C=O) groups is 3. The van der Waals surface area contributed by atoms with Gasteiger partial charge in [-0.05, 0) is 42.7 Å². The van der Waals surface area contributed by atoms with E-state index in [0.29, 0.717) is 38.9 Å². The summed E-state index contributed by atoms with van der Waals surface area (Å²) in [6.45, 7) is 1.36. The third kappa shape index (κ3) is 5.11. The molecule has 2 aromatic rings. The molecule has 9 heteroatoms. The van der Waals surface area contributed by atoms with Crippen LogP contribution in [0.2, 0.25) is 0 Å². The second-order valence-electron chi connectivity index (χ2n) is 7.94. The Balaban J connectivity index is 1.27. The van der Waals surface area contributed by atoms with Crippen LogP contribution < -0.4 is 16.0 Å². The quantitative estimate of drug-likeness (QED) is 0.615. The van der Waals surface area contributed by atoms with Gasteiger partial charge in [0.2, 0.25) is 11.8 Å². The lowest BCUT2D eigenvalue weighted by molar-refractivity contribution is -0.129. The summed E-state index contributed by atoms with van der Waals surface area (Å²) in [7, 11) is 0. The number of nitrogens with one attached hydrogen (secondary N) is 3. The standard InChI is InChI=1S/C22H25FN4O4/c23-15-5-3-14(4-6-15)11-24-20(28)8-7-17-12-25-21(29)18-10-16(13-27(17)18)26-22(30)19-2-1-9-31-19/h1-6,9,16-18H,7-8,10-13H2,(H,24,28)(H,25,29)(H,26,30)/t16-,17+,18-/m0/s1. The van der Waals surface area contributed by atoms with Crippen LogP contribution in [0.4, 0.5) is 4.39 Å². The molecule has 0 bridgehead atoms. The second kappa shape index (κ2) is 9.30. The lowest BCUT2D eigenvalue weighted by atomic mass is 10.0. The summed E-state index contributed by atoms with van der Waals surface area (Å²) in [5, 5.41) is 8.68. The number of nitrogens with zero attached hydrogens (tertiary/aromatic N) is 1. The third-order valence-electron chi connectivity index (χ3n) is 5.81. The fraction of sp³-hybridized carbons (Fsp3) is 0.409. The van der Waals surface area contributed by atoms with Crippen LogP contribution in [0.1, 0.15) is 35.4 Å². The van der Waals surface area contributed by atoms with E-state index < -0.39 is 0 Å². The Morgan fingerprint density at radius 1 is 1.23 bits per heavy atom. The van der Waals surface area contributed by atoms with Crippen molar-refractivity contribution in [1.82, 2.24) is 20.9 Å². The average molecular weight is 428 g/mol. The van der Waals surface area contributed by atoms with Crippen LogP contribution in [0.15, 0.2) is 47.1 Å². The van der Waals surface area contributed by atoms with Crippen molar-refractivity contribution in [2.24, 2.45) is 0 Å². The van der Waals surface area contributed by atoms with Crippen molar-refractivity contribution >= 4 is 17.7 Å².